The number of carbonyl (C=O) groups excluding carboxylic acids is 1. The lowest BCUT2D eigenvalue weighted by molar-refractivity contribution is -0.130. The van der Waals surface area contributed by atoms with Gasteiger partial charge in [-0.2, -0.15) is 0 Å². The summed E-state index contributed by atoms with van der Waals surface area (Å²) in [6.07, 6.45) is 2.11. The molecule has 1 saturated heterocycles. The quantitative estimate of drug-likeness (QED) is 0.810. The standard InChI is InChI=1S/C20H26N2O3/c1-14-4-6-16(7-5-14)8-9-20(23)22-12-17(19(13-22)24-3)11-18-10-15(2)21-25-18/h4-7,10,17,19H,8-9,11-13H2,1-3H3/t17-,19+/m1/s1. The van der Waals surface area contributed by atoms with Gasteiger partial charge in [0.2, 0.25) is 5.91 Å². The maximum Gasteiger partial charge on any atom is 0.223 e. The number of likely N-dealkylation sites (tertiary alicyclic amines) is 1. The fraction of sp³-hybridized carbons (Fsp3) is 0.500. The second-order valence-electron chi connectivity index (χ2n) is 6.96. The van der Waals surface area contributed by atoms with E-state index in [9.17, 15) is 4.79 Å². The Morgan fingerprint density at radius 2 is 2.04 bits per heavy atom. The van der Waals surface area contributed by atoms with Crippen molar-refractivity contribution in [2.75, 3.05) is 20.2 Å². The van der Waals surface area contributed by atoms with Crippen LogP contribution in [-0.4, -0.2) is 42.3 Å². The summed E-state index contributed by atoms with van der Waals surface area (Å²) in [5.74, 6) is 1.30. The molecule has 0 unspecified atom stereocenters. The molecule has 1 aliphatic rings. The van der Waals surface area contributed by atoms with Crippen LogP contribution >= 0.6 is 0 Å². The van der Waals surface area contributed by atoms with Gasteiger partial charge in [0.15, 0.2) is 0 Å². The molecule has 3 rings (SSSR count). The van der Waals surface area contributed by atoms with Crippen LogP contribution < -0.4 is 0 Å². The number of carbonyl (C=O) groups is 1. The normalized spacial score (nSPS) is 20.2. The van der Waals surface area contributed by atoms with Crippen LogP contribution in [0.25, 0.3) is 0 Å². The zero-order valence-corrected chi connectivity index (χ0v) is 15.2. The maximum absolute atomic E-state index is 12.6. The average molecular weight is 342 g/mol. The summed E-state index contributed by atoms with van der Waals surface area (Å²) in [5.41, 5.74) is 3.33. The van der Waals surface area contributed by atoms with Crippen LogP contribution in [0.4, 0.5) is 0 Å². The number of hydrogen-bond donors (Lipinski definition) is 0. The second-order valence-corrected chi connectivity index (χ2v) is 6.96. The first-order valence-corrected chi connectivity index (χ1v) is 8.83. The van der Waals surface area contributed by atoms with E-state index in [0.29, 0.717) is 19.5 Å². The van der Waals surface area contributed by atoms with Crippen LogP contribution in [0, 0.1) is 19.8 Å². The number of nitrogens with zero attached hydrogens (tertiary/aromatic N) is 2. The molecule has 2 atom stereocenters. The third-order valence-corrected chi connectivity index (χ3v) is 4.92. The summed E-state index contributed by atoms with van der Waals surface area (Å²) >= 11 is 0. The van der Waals surface area contributed by atoms with E-state index < -0.39 is 0 Å². The molecule has 5 heteroatoms. The third kappa shape index (κ3) is 4.48. The Labute approximate surface area is 148 Å². The van der Waals surface area contributed by atoms with E-state index >= 15 is 0 Å². The number of amides is 1. The Balaban J connectivity index is 1.55. The van der Waals surface area contributed by atoms with Gasteiger partial charge in [0.25, 0.3) is 0 Å². The number of benzene rings is 1. The van der Waals surface area contributed by atoms with Crippen LogP contribution in [0.15, 0.2) is 34.9 Å². The van der Waals surface area contributed by atoms with E-state index in [1.165, 1.54) is 11.1 Å². The first-order chi connectivity index (χ1) is 12.0. The largest absolute Gasteiger partial charge is 0.379 e. The fourth-order valence-electron chi connectivity index (χ4n) is 3.44. The number of methoxy groups -OCH3 is 1. The average Bonchev–Trinajstić information content (AvgIpc) is 3.20. The summed E-state index contributed by atoms with van der Waals surface area (Å²) in [6.45, 7) is 5.35. The summed E-state index contributed by atoms with van der Waals surface area (Å²) in [4.78, 5) is 14.5. The molecule has 2 aromatic rings. The summed E-state index contributed by atoms with van der Waals surface area (Å²) in [6, 6.07) is 10.3. The van der Waals surface area contributed by atoms with Crippen molar-refractivity contribution >= 4 is 5.91 Å². The van der Waals surface area contributed by atoms with Gasteiger partial charge in [-0.05, 0) is 25.8 Å². The molecular weight excluding hydrogens is 316 g/mol. The minimum Gasteiger partial charge on any atom is -0.379 e. The van der Waals surface area contributed by atoms with Crippen molar-refractivity contribution in [3.8, 4) is 0 Å². The maximum atomic E-state index is 12.6. The van der Waals surface area contributed by atoms with E-state index in [1.807, 2.05) is 17.9 Å². The number of hydrogen-bond acceptors (Lipinski definition) is 4. The second kappa shape index (κ2) is 7.83. The van der Waals surface area contributed by atoms with Crippen LogP contribution in [0.5, 0.6) is 0 Å². The monoisotopic (exact) mass is 342 g/mol. The molecule has 0 aliphatic carbocycles. The van der Waals surface area contributed by atoms with Crippen LogP contribution in [0.1, 0.15) is 29.0 Å². The molecule has 1 aliphatic heterocycles. The number of rotatable bonds is 6. The van der Waals surface area contributed by atoms with E-state index in [0.717, 1.165) is 24.3 Å². The highest BCUT2D eigenvalue weighted by Crippen LogP contribution is 2.25. The van der Waals surface area contributed by atoms with Crippen molar-refractivity contribution in [2.24, 2.45) is 5.92 Å². The molecule has 1 fully saturated rings. The lowest BCUT2D eigenvalue weighted by atomic mass is 10.0. The molecule has 1 aromatic heterocycles. The van der Waals surface area contributed by atoms with E-state index in [-0.39, 0.29) is 17.9 Å². The van der Waals surface area contributed by atoms with Gasteiger partial charge in [-0.3, -0.25) is 4.79 Å². The molecular formula is C20H26N2O3. The van der Waals surface area contributed by atoms with Crippen LogP contribution in [0.2, 0.25) is 0 Å². The van der Waals surface area contributed by atoms with Crippen molar-refractivity contribution in [1.82, 2.24) is 10.1 Å². The van der Waals surface area contributed by atoms with Gasteiger partial charge in [0, 0.05) is 45.0 Å². The molecule has 2 heterocycles. The fourth-order valence-corrected chi connectivity index (χ4v) is 3.44. The third-order valence-electron chi connectivity index (χ3n) is 4.92. The Hall–Kier alpha value is -2.14. The van der Waals surface area contributed by atoms with Crippen LogP contribution in [0.3, 0.4) is 0 Å². The van der Waals surface area contributed by atoms with Crippen molar-refractivity contribution in [2.45, 2.75) is 39.2 Å². The van der Waals surface area contributed by atoms with Crippen molar-refractivity contribution in [1.29, 1.82) is 0 Å². The molecule has 0 bridgehead atoms. The van der Waals surface area contributed by atoms with Gasteiger partial charge in [0.1, 0.15) is 5.76 Å². The SMILES string of the molecule is CO[C@H]1CN(C(=O)CCc2ccc(C)cc2)C[C@H]1Cc1cc(C)no1. The van der Waals surface area contributed by atoms with E-state index in [1.54, 1.807) is 7.11 Å². The molecule has 5 nitrogen and oxygen atoms in total. The zero-order valence-electron chi connectivity index (χ0n) is 15.2. The molecule has 25 heavy (non-hydrogen) atoms. The number of aryl methyl sites for hydroxylation is 3. The van der Waals surface area contributed by atoms with Gasteiger partial charge < -0.3 is 14.2 Å². The van der Waals surface area contributed by atoms with Gasteiger partial charge in [-0.1, -0.05) is 35.0 Å². The van der Waals surface area contributed by atoms with Gasteiger partial charge in [0.05, 0.1) is 11.8 Å². The first kappa shape index (κ1) is 17.7. The Morgan fingerprint density at radius 3 is 2.68 bits per heavy atom. The summed E-state index contributed by atoms with van der Waals surface area (Å²) < 4.78 is 10.9. The van der Waals surface area contributed by atoms with Gasteiger partial charge >= 0.3 is 0 Å². The van der Waals surface area contributed by atoms with Crippen molar-refractivity contribution < 1.29 is 14.1 Å². The predicted molar refractivity (Wildman–Crippen MR) is 95.3 cm³/mol. The van der Waals surface area contributed by atoms with Crippen molar-refractivity contribution in [3.63, 3.8) is 0 Å². The Bertz CT molecular complexity index is 708. The lowest BCUT2D eigenvalue weighted by Crippen LogP contribution is -2.30. The molecule has 0 radical (unpaired) electrons. The van der Waals surface area contributed by atoms with E-state index in [2.05, 4.69) is 36.3 Å². The molecule has 1 amide bonds. The number of aromatic nitrogens is 1. The molecule has 0 saturated carbocycles. The highest BCUT2D eigenvalue weighted by Gasteiger charge is 2.35. The van der Waals surface area contributed by atoms with Crippen LogP contribution in [-0.2, 0) is 22.4 Å². The minimum absolute atomic E-state index is 0.0498. The van der Waals surface area contributed by atoms with E-state index in [4.69, 9.17) is 9.26 Å². The van der Waals surface area contributed by atoms with Gasteiger partial charge in [-0.25, -0.2) is 0 Å². The minimum atomic E-state index is 0.0498. The molecule has 0 N–H and O–H groups in total. The van der Waals surface area contributed by atoms with Gasteiger partial charge in [-0.15, -0.1) is 0 Å². The highest BCUT2D eigenvalue weighted by molar-refractivity contribution is 5.76. The number of ether oxygens (including phenoxy) is 1. The highest BCUT2D eigenvalue weighted by atomic mass is 16.5. The summed E-state index contributed by atoms with van der Waals surface area (Å²) in [7, 11) is 1.71. The van der Waals surface area contributed by atoms with Crippen molar-refractivity contribution in [3.05, 3.63) is 52.9 Å². The topological polar surface area (TPSA) is 55.6 Å². The zero-order chi connectivity index (χ0) is 17.8. The molecule has 0 spiro atoms. The molecule has 1 aromatic carbocycles. The Morgan fingerprint density at radius 1 is 1.28 bits per heavy atom. The Kier molecular flexibility index (Phi) is 5.53. The smallest absolute Gasteiger partial charge is 0.223 e. The predicted octanol–water partition coefficient (Wildman–Crippen LogP) is 2.94. The summed E-state index contributed by atoms with van der Waals surface area (Å²) in [5, 5.41) is 3.94. The molecule has 134 valence electrons. The first-order valence-electron chi connectivity index (χ1n) is 8.83. The lowest BCUT2D eigenvalue weighted by Gasteiger charge is -2.16.